The maximum Gasteiger partial charge on any atom is 0.284 e. The smallest absolute Gasteiger partial charge is 0.284 e. The predicted molar refractivity (Wildman–Crippen MR) is 100 cm³/mol. The van der Waals surface area contributed by atoms with Gasteiger partial charge in [0.25, 0.3) is 11.8 Å². The third kappa shape index (κ3) is 3.92. The minimum Gasteiger partial charge on any atom is -0.493 e. The molecule has 0 aliphatic rings. The van der Waals surface area contributed by atoms with Crippen LogP contribution in [0.25, 0.3) is 11.3 Å². The molecule has 3 aromatic rings. The summed E-state index contributed by atoms with van der Waals surface area (Å²) < 4.78 is 15.8. The van der Waals surface area contributed by atoms with Crippen molar-refractivity contribution >= 4 is 17.5 Å². The first kappa shape index (κ1) is 18.1. The first-order chi connectivity index (χ1) is 13.0. The molecule has 3 N–H and O–H groups in total. The zero-order valence-corrected chi connectivity index (χ0v) is 14.8. The lowest BCUT2D eigenvalue weighted by atomic mass is 10.1. The molecule has 0 saturated heterocycles. The van der Waals surface area contributed by atoms with Gasteiger partial charge in [0, 0.05) is 16.8 Å². The Kier molecular flexibility index (Phi) is 5.12. The summed E-state index contributed by atoms with van der Waals surface area (Å²) in [5.74, 6) is 0.728. The van der Waals surface area contributed by atoms with E-state index < -0.39 is 5.91 Å². The van der Waals surface area contributed by atoms with Crippen LogP contribution in [0.3, 0.4) is 0 Å². The van der Waals surface area contributed by atoms with E-state index in [1.807, 2.05) is 0 Å². The number of primary amides is 1. The summed E-state index contributed by atoms with van der Waals surface area (Å²) in [5.41, 5.74) is 6.99. The Balaban J connectivity index is 1.74. The molecule has 27 heavy (non-hydrogen) atoms. The van der Waals surface area contributed by atoms with Crippen molar-refractivity contribution in [2.45, 2.75) is 0 Å². The zero-order chi connectivity index (χ0) is 19.4. The largest absolute Gasteiger partial charge is 0.493 e. The number of furan rings is 1. The molecule has 3 rings (SSSR count). The molecule has 1 aromatic heterocycles. The number of hydrogen-bond acceptors (Lipinski definition) is 5. The molecule has 7 nitrogen and oxygen atoms in total. The minimum absolute atomic E-state index is 0.0934. The molecule has 0 saturated carbocycles. The van der Waals surface area contributed by atoms with E-state index in [1.54, 1.807) is 48.5 Å². The minimum atomic E-state index is -0.625. The molecule has 0 atom stereocenters. The topological polar surface area (TPSA) is 104 Å². The van der Waals surface area contributed by atoms with E-state index in [9.17, 15) is 9.59 Å². The number of ether oxygens (including phenoxy) is 2. The van der Waals surface area contributed by atoms with Crippen molar-refractivity contribution in [2.75, 3.05) is 19.5 Å². The summed E-state index contributed by atoms with van der Waals surface area (Å²) in [5, 5.41) is 2.81. The molecule has 0 bridgehead atoms. The number of nitrogens with one attached hydrogen (secondary N) is 1. The third-order valence-corrected chi connectivity index (χ3v) is 3.92. The highest BCUT2D eigenvalue weighted by Gasteiger charge is 2.12. The van der Waals surface area contributed by atoms with E-state index in [4.69, 9.17) is 19.6 Å². The average molecular weight is 366 g/mol. The first-order valence-electron chi connectivity index (χ1n) is 8.05. The lowest BCUT2D eigenvalue weighted by Crippen LogP contribution is -2.12. The summed E-state index contributed by atoms with van der Waals surface area (Å²) in [7, 11) is 3.04. The second kappa shape index (κ2) is 7.65. The highest BCUT2D eigenvalue weighted by Crippen LogP contribution is 2.28. The van der Waals surface area contributed by atoms with E-state index in [1.165, 1.54) is 20.3 Å². The van der Waals surface area contributed by atoms with Crippen LogP contribution in [0.1, 0.15) is 20.9 Å². The maximum atomic E-state index is 12.4. The molecule has 0 radical (unpaired) electrons. The van der Waals surface area contributed by atoms with Crippen LogP contribution in [0, 0.1) is 0 Å². The summed E-state index contributed by atoms with van der Waals surface area (Å²) in [6.45, 7) is 0. The molecular formula is C20H18N2O5. The Bertz CT molecular complexity index is 976. The van der Waals surface area contributed by atoms with Crippen LogP contribution in [0.4, 0.5) is 5.69 Å². The van der Waals surface area contributed by atoms with Crippen molar-refractivity contribution in [3.8, 4) is 22.8 Å². The van der Waals surface area contributed by atoms with E-state index in [2.05, 4.69) is 5.32 Å². The highest BCUT2D eigenvalue weighted by atomic mass is 16.5. The molecule has 0 aliphatic carbocycles. The van der Waals surface area contributed by atoms with Gasteiger partial charge in [-0.05, 0) is 54.6 Å². The van der Waals surface area contributed by atoms with Crippen LogP contribution < -0.4 is 20.5 Å². The van der Waals surface area contributed by atoms with Crippen molar-refractivity contribution in [3.63, 3.8) is 0 Å². The molecular weight excluding hydrogens is 348 g/mol. The third-order valence-electron chi connectivity index (χ3n) is 3.92. The Morgan fingerprint density at radius 3 is 2.22 bits per heavy atom. The molecule has 7 heteroatoms. The van der Waals surface area contributed by atoms with Crippen molar-refractivity contribution in [1.29, 1.82) is 0 Å². The average Bonchev–Trinajstić information content (AvgIpc) is 3.18. The van der Waals surface area contributed by atoms with Gasteiger partial charge in [-0.3, -0.25) is 9.59 Å². The normalized spacial score (nSPS) is 10.3. The van der Waals surface area contributed by atoms with Crippen molar-refractivity contribution in [2.24, 2.45) is 5.73 Å². The monoisotopic (exact) mass is 366 g/mol. The first-order valence-corrected chi connectivity index (χ1v) is 8.05. The van der Waals surface area contributed by atoms with Crippen LogP contribution in [-0.4, -0.2) is 26.0 Å². The van der Waals surface area contributed by atoms with E-state index in [-0.39, 0.29) is 11.7 Å². The SMILES string of the molecule is COc1ccc(C(=O)Nc2ccc(-c3ccc(C(N)=O)o3)cc2)cc1OC. The molecule has 1 heterocycles. The van der Waals surface area contributed by atoms with Crippen LogP contribution in [0.2, 0.25) is 0 Å². The van der Waals surface area contributed by atoms with Gasteiger partial charge < -0.3 is 24.9 Å². The van der Waals surface area contributed by atoms with Crippen LogP contribution >= 0.6 is 0 Å². The number of rotatable bonds is 6. The summed E-state index contributed by atoms with van der Waals surface area (Å²) >= 11 is 0. The number of methoxy groups -OCH3 is 2. The number of carbonyl (C=O) groups excluding carboxylic acids is 2. The molecule has 0 unspecified atom stereocenters. The fourth-order valence-electron chi connectivity index (χ4n) is 2.52. The van der Waals surface area contributed by atoms with Crippen LogP contribution in [0.5, 0.6) is 11.5 Å². The number of carbonyl (C=O) groups is 2. The van der Waals surface area contributed by atoms with Gasteiger partial charge in [0.1, 0.15) is 5.76 Å². The second-order valence-electron chi connectivity index (χ2n) is 5.63. The predicted octanol–water partition coefficient (Wildman–Crippen LogP) is 3.32. The molecule has 2 aromatic carbocycles. The fourth-order valence-corrected chi connectivity index (χ4v) is 2.52. The number of benzene rings is 2. The summed E-state index contributed by atoms with van der Waals surface area (Å²) in [4.78, 5) is 23.5. The van der Waals surface area contributed by atoms with Gasteiger partial charge in [-0.1, -0.05) is 0 Å². The van der Waals surface area contributed by atoms with Gasteiger partial charge in [0.15, 0.2) is 17.3 Å². The summed E-state index contributed by atoms with van der Waals surface area (Å²) in [6.07, 6.45) is 0. The standard InChI is InChI=1S/C20H18N2O5/c1-25-16-8-5-13(11-18(16)26-2)20(24)22-14-6-3-12(4-7-14)15-9-10-17(27-15)19(21)23/h3-11H,1-2H3,(H2,21,23)(H,22,24). The Labute approximate surface area is 155 Å². The van der Waals surface area contributed by atoms with Gasteiger partial charge >= 0.3 is 0 Å². The zero-order valence-electron chi connectivity index (χ0n) is 14.8. The highest BCUT2D eigenvalue weighted by molar-refractivity contribution is 6.04. The second-order valence-corrected chi connectivity index (χ2v) is 5.63. The molecule has 2 amide bonds. The molecule has 138 valence electrons. The van der Waals surface area contributed by atoms with Gasteiger partial charge in [-0.2, -0.15) is 0 Å². The van der Waals surface area contributed by atoms with Crippen LogP contribution in [0.15, 0.2) is 59.0 Å². The fraction of sp³-hybridized carbons (Fsp3) is 0.100. The molecule has 0 fully saturated rings. The number of hydrogen-bond donors (Lipinski definition) is 2. The Morgan fingerprint density at radius 1 is 0.926 bits per heavy atom. The lowest BCUT2D eigenvalue weighted by Gasteiger charge is -2.10. The Morgan fingerprint density at radius 2 is 1.63 bits per heavy atom. The maximum absolute atomic E-state index is 12.4. The van der Waals surface area contributed by atoms with Crippen molar-refractivity contribution in [3.05, 3.63) is 65.9 Å². The van der Waals surface area contributed by atoms with Gasteiger partial charge in [-0.15, -0.1) is 0 Å². The van der Waals surface area contributed by atoms with E-state index in [0.29, 0.717) is 28.5 Å². The van der Waals surface area contributed by atoms with Crippen LogP contribution in [-0.2, 0) is 0 Å². The van der Waals surface area contributed by atoms with E-state index in [0.717, 1.165) is 5.56 Å². The van der Waals surface area contributed by atoms with Gasteiger partial charge in [-0.25, -0.2) is 0 Å². The molecule has 0 aliphatic heterocycles. The lowest BCUT2D eigenvalue weighted by molar-refractivity contribution is 0.0973. The van der Waals surface area contributed by atoms with Crippen molar-refractivity contribution < 1.29 is 23.5 Å². The molecule has 0 spiro atoms. The number of amides is 2. The number of anilines is 1. The van der Waals surface area contributed by atoms with Gasteiger partial charge in [0.2, 0.25) is 0 Å². The number of nitrogens with two attached hydrogens (primary N) is 1. The van der Waals surface area contributed by atoms with Gasteiger partial charge in [0.05, 0.1) is 14.2 Å². The van der Waals surface area contributed by atoms with Crippen molar-refractivity contribution in [1.82, 2.24) is 0 Å². The summed E-state index contributed by atoms with van der Waals surface area (Å²) in [6, 6.07) is 15.1. The quantitative estimate of drug-likeness (QED) is 0.696. The van der Waals surface area contributed by atoms with E-state index >= 15 is 0 Å². The Hall–Kier alpha value is -3.74.